The van der Waals surface area contributed by atoms with Crippen molar-refractivity contribution in [1.82, 2.24) is 4.90 Å². The summed E-state index contributed by atoms with van der Waals surface area (Å²) in [5.41, 5.74) is 3.72. The van der Waals surface area contributed by atoms with Crippen LogP contribution in [0.15, 0.2) is 82.4 Å². The second kappa shape index (κ2) is 10.9. The van der Waals surface area contributed by atoms with Crippen LogP contribution in [-0.2, 0) is 25.7 Å². The number of esters is 2. The van der Waals surface area contributed by atoms with Gasteiger partial charge in [-0.25, -0.2) is 9.18 Å². The van der Waals surface area contributed by atoms with Crippen LogP contribution in [-0.4, -0.2) is 48.9 Å². The Kier molecular flexibility index (Phi) is 7.40. The number of benzene rings is 3. The minimum absolute atomic E-state index is 0.0938. The van der Waals surface area contributed by atoms with Crippen LogP contribution in [0.25, 0.3) is 22.3 Å². The van der Waals surface area contributed by atoms with Crippen LogP contribution in [0, 0.1) is 11.7 Å². The number of ether oxygens (including phenoxy) is 1. The number of hydrogen-bond donors (Lipinski definition) is 0. The van der Waals surface area contributed by atoms with E-state index in [1.54, 1.807) is 29.2 Å². The number of hydrogen-bond acceptors (Lipinski definition) is 7. The fourth-order valence-electron chi connectivity index (χ4n) is 4.48. The maximum Gasteiger partial charge on any atom is 0.491 e. The second-order valence-electron chi connectivity index (χ2n) is 9.26. The number of rotatable bonds is 7. The summed E-state index contributed by atoms with van der Waals surface area (Å²) in [4.78, 5) is 29.3. The van der Waals surface area contributed by atoms with Gasteiger partial charge in [-0.3, -0.25) is 9.69 Å². The van der Waals surface area contributed by atoms with E-state index in [2.05, 4.69) is 9.89 Å². The maximum absolute atomic E-state index is 15.1. The quantitative estimate of drug-likeness (QED) is 0.0959. The molecule has 0 N–H and O–H groups in total. The Morgan fingerprint density at radius 3 is 2.42 bits per heavy atom. The molecule has 4 aromatic rings. The third kappa shape index (κ3) is 5.74. The summed E-state index contributed by atoms with van der Waals surface area (Å²) < 4.78 is 61.7. The van der Waals surface area contributed by atoms with Gasteiger partial charge in [0.25, 0.3) is 0 Å². The minimum Gasteiger partial charge on any atom is -0.456 e. The number of carbonyl (C=O) groups excluding carboxylic acids is 2. The molecule has 0 radical (unpaired) electrons. The van der Waals surface area contributed by atoms with E-state index in [4.69, 9.17) is 9.25 Å². The van der Waals surface area contributed by atoms with Crippen LogP contribution in [0.5, 0.6) is 0 Å². The standard InChI is InChI=1S/C29H22F4N2O5/c1-38-34-26(18-5-3-2-4-6-18)19-8-10-24-20(12-19)13-25(39-24)22-9-7-17(11-23(22)30)14-35-15-21(16-35)27(36)40-28(37)29(31,32)33/h2-13,21H,14-16H2,1H3/b34-26+. The van der Waals surface area contributed by atoms with Crippen LogP contribution in [0.3, 0.4) is 0 Å². The first kappa shape index (κ1) is 27.1. The van der Waals surface area contributed by atoms with Crippen LogP contribution < -0.4 is 0 Å². The molecule has 1 aliphatic heterocycles. The highest BCUT2D eigenvalue weighted by Gasteiger charge is 2.45. The SMILES string of the molecule is CO/N=C(\c1ccccc1)c1ccc2oc(-c3ccc(CN4CC(C(=O)OC(=O)C(F)(F)F)C4)cc3F)cc2c1. The molecule has 0 unspecified atom stereocenters. The van der Waals surface area contributed by atoms with Gasteiger partial charge in [0, 0.05) is 36.1 Å². The van der Waals surface area contributed by atoms with Crippen molar-refractivity contribution in [2.24, 2.45) is 11.1 Å². The summed E-state index contributed by atoms with van der Waals surface area (Å²) in [5.74, 6) is -4.79. The highest BCUT2D eigenvalue weighted by molar-refractivity contribution is 6.13. The van der Waals surface area contributed by atoms with E-state index >= 15 is 4.39 Å². The van der Waals surface area contributed by atoms with Crippen LogP contribution in [0.4, 0.5) is 17.6 Å². The van der Waals surface area contributed by atoms with Gasteiger partial charge in [-0.2, -0.15) is 13.2 Å². The van der Waals surface area contributed by atoms with Crippen molar-refractivity contribution in [3.05, 3.63) is 95.3 Å². The molecule has 2 heterocycles. The zero-order valence-corrected chi connectivity index (χ0v) is 21.1. The van der Waals surface area contributed by atoms with Gasteiger partial charge >= 0.3 is 18.1 Å². The van der Waals surface area contributed by atoms with Crippen molar-refractivity contribution < 1.29 is 41.1 Å². The van der Waals surface area contributed by atoms with Gasteiger partial charge in [0.15, 0.2) is 0 Å². The summed E-state index contributed by atoms with van der Waals surface area (Å²) in [7, 11) is 1.47. The maximum atomic E-state index is 15.1. The Morgan fingerprint density at radius 2 is 1.75 bits per heavy atom. The first-order valence-electron chi connectivity index (χ1n) is 12.2. The van der Waals surface area contributed by atoms with E-state index in [0.717, 1.165) is 16.5 Å². The van der Waals surface area contributed by atoms with Gasteiger partial charge < -0.3 is 14.0 Å². The normalized spacial score (nSPS) is 14.7. The lowest BCUT2D eigenvalue weighted by molar-refractivity contribution is -0.204. The smallest absolute Gasteiger partial charge is 0.456 e. The highest BCUT2D eigenvalue weighted by atomic mass is 19.4. The topological polar surface area (TPSA) is 81.3 Å². The summed E-state index contributed by atoms with van der Waals surface area (Å²) in [6, 6.07) is 21.4. The average molecular weight is 554 g/mol. The first-order valence-corrected chi connectivity index (χ1v) is 12.2. The number of fused-ring (bicyclic) bond motifs is 1. The van der Waals surface area contributed by atoms with Crippen LogP contribution >= 0.6 is 0 Å². The zero-order chi connectivity index (χ0) is 28.4. The number of oxime groups is 1. The molecule has 3 aromatic carbocycles. The summed E-state index contributed by atoms with van der Waals surface area (Å²) in [6.45, 7) is 0.450. The molecule has 0 spiro atoms. The fraction of sp³-hybridized carbons (Fsp3) is 0.207. The Labute approximate surface area is 225 Å². The van der Waals surface area contributed by atoms with E-state index in [1.165, 1.54) is 13.2 Å². The van der Waals surface area contributed by atoms with Crippen molar-refractivity contribution in [2.75, 3.05) is 20.2 Å². The van der Waals surface area contributed by atoms with Crippen molar-refractivity contribution in [3.8, 4) is 11.3 Å². The van der Waals surface area contributed by atoms with Gasteiger partial charge in [-0.05, 0) is 42.0 Å². The summed E-state index contributed by atoms with van der Waals surface area (Å²) in [5, 5.41) is 4.92. The van der Waals surface area contributed by atoms with E-state index in [0.29, 0.717) is 22.6 Å². The largest absolute Gasteiger partial charge is 0.491 e. The van der Waals surface area contributed by atoms with Gasteiger partial charge in [-0.15, -0.1) is 0 Å². The molecular weight excluding hydrogens is 532 g/mol. The Morgan fingerprint density at radius 1 is 1.00 bits per heavy atom. The lowest BCUT2D eigenvalue weighted by Gasteiger charge is -2.37. The summed E-state index contributed by atoms with van der Waals surface area (Å²) in [6.07, 6.45) is -5.23. The third-order valence-electron chi connectivity index (χ3n) is 6.44. The van der Waals surface area contributed by atoms with E-state index in [1.807, 2.05) is 42.5 Å². The molecule has 11 heteroatoms. The molecule has 1 aliphatic rings. The fourth-order valence-corrected chi connectivity index (χ4v) is 4.48. The predicted molar refractivity (Wildman–Crippen MR) is 137 cm³/mol. The summed E-state index contributed by atoms with van der Waals surface area (Å²) >= 11 is 0. The molecule has 40 heavy (non-hydrogen) atoms. The monoisotopic (exact) mass is 554 g/mol. The predicted octanol–water partition coefficient (Wildman–Crippen LogP) is 5.70. The molecule has 0 saturated carbocycles. The molecular formula is C29H22F4N2O5. The lowest BCUT2D eigenvalue weighted by atomic mass is 9.99. The van der Waals surface area contributed by atoms with Gasteiger partial charge in [0.05, 0.1) is 11.5 Å². The van der Waals surface area contributed by atoms with Crippen molar-refractivity contribution in [2.45, 2.75) is 12.7 Å². The second-order valence-corrected chi connectivity index (χ2v) is 9.26. The molecule has 0 bridgehead atoms. The van der Waals surface area contributed by atoms with E-state index < -0.39 is 29.9 Å². The number of halogens is 4. The zero-order valence-electron chi connectivity index (χ0n) is 21.1. The molecule has 1 aromatic heterocycles. The Balaban J connectivity index is 1.27. The first-order chi connectivity index (χ1) is 19.1. The molecule has 1 saturated heterocycles. The van der Waals surface area contributed by atoms with E-state index in [-0.39, 0.29) is 25.2 Å². The average Bonchev–Trinajstić information content (AvgIpc) is 3.32. The molecule has 0 atom stereocenters. The molecule has 0 amide bonds. The number of furan rings is 1. The van der Waals surface area contributed by atoms with Gasteiger partial charge in [0.2, 0.25) is 0 Å². The Hall–Kier alpha value is -4.51. The molecule has 0 aliphatic carbocycles. The van der Waals surface area contributed by atoms with Crippen LogP contribution in [0.1, 0.15) is 16.7 Å². The lowest BCUT2D eigenvalue weighted by Crippen LogP contribution is -2.51. The molecule has 7 nitrogen and oxygen atoms in total. The minimum atomic E-state index is -5.23. The van der Waals surface area contributed by atoms with E-state index in [9.17, 15) is 22.8 Å². The van der Waals surface area contributed by atoms with Gasteiger partial charge in [0.1, 0.15) is 30.0 Å². The van der Waals surface area contributed by atoms with Gasteiger partial charge in [-0.1, -0.05) is 41.6 Å². The molecule has 5 rings (SSSR count). The number of likely N-dealkylation sites (tertiary alicyclic amines) is 1. The third-order valence-corrected chi connectivity index (χ3v) is 6.44. The number of alkyl halides is 3. The van der Waals surface area contributed by atoms with Crippen molar-refractivity contribution in [3.63, 3.8) is 0 Å². The molecule has 1 fully saturated rings. The Bertz CT molecular complexity index is 1590. The molecule has 206 valence electrons. The highest BCUT2D eigenvalue weighted by Crippen LogP contribution is 2.32. The van der Waals surface area contributed by atoms with Crippen molar-refractivity contribution in [1.29, 1.82) is 0 Å². The number of carbonyl (C=O) groups is 2. The van der Waals surface area contributed by atoms with Crippen molar-refractivity contribution >= 4 is 28.6 Å². The number of nitrogens with zero attached hydrogens (tertiary/aromatic N) is 2. The van der Waals surface area contributed by atoms with Crippen LogP contribution in [0.2, 0.25) is 0 Å².